The van der Waals surface area contributed by atoms with Crippen LogP contribution in [0.25, 0.3) is 22.0 Å². The number of aromatic nitrogens is 2. The summed E-state index contributed by atoms with van der Waals surface area (Å²) in [4.78, 5) is 22.9. The molecule has 0 unspecified atom stereocenters. The van der Waals surface area contributed by atoms with E-state index in [0.29, 0.717) is 5.03 Å². The first-order chi connectivity index (χ1) is 12.2. The van der Waals surface area contributed by atoms with Crippen LogP contribution in [-0.2, 0) is 4.79 Å². The predicted molar refractivity (Wildman–Crippen MR) is 98.3 cm³/mol. The smallest absolute Gasteiger partial charge is 0.321 e. The molecule has 2 aromatic carbocycles. The van der Waals surface area contributed by atoms with E-state index in [0.717, 1.165) is 22.0 Å². The van der Waals surface area contributed by atoms with E-state index >= 15 is 0 Å². The molecule has 0 bridgehead atoms. The van der Waals surface area contributed by atoms with E-state index in [1.807, 2.05) is 54.6 Å². The molecule has 1 heterocycles. The van der Waals surface area contributed by atoms with Crippen molar-refractivity contribution in [2.45, 2.75) is 5.03 Å². The standard InChI is InChI=1S/C18H16N4O2S/c1-19-18(24)20-15(23)11-25-17-14-10-6-5-9-13(14)16(21-22-17)12-7-3-2-4-8-12/h2-10H,11H2,1H3,(H2,19,20,23,24). The summed E-state index contributed by atoms with van der Waals surface area (Å²) in [6.45, 7) is 0. The molecule has 0 aliphatic carbocycles. The van der Waals surface area contributed by atoms with E-state index in [-0.39, 0.29) is 11.7 Å². The third-order valence-electron chi connectivity index (χ3n) is 3.52. The van der Waals surface area contributed by atoms with Crippen LogP contribution in [0.1, 0.15) is 0 Å². The fourth-order valence-corrected chi connectivity index (χ4v) is 3.13. The number of carbonyl (C=O) groups excluding carboxylic acids is 2. The lowest BCUT2D eigenvalue weighted by Gasteiger charge is -2.09. The highest BCUT2D eigenvalue weighted by Crippen LogP contribution is 2.31. The topological polar surface area (TPSA) is 84.0 Å². The first kappa shape index (κ1) is 16.9. The molecule has 3 rings (SSSR count). The monoisotopic (exact) mass is 352 g/mol. The maximum absolute atomic E-state index is 11.8. The van der Waals surface area contributed by atoms with Gasteiger partial charge in [-0.15, -0.1) is 10.2 Å². The van der Waals surface area contributed by atoms with Gasteiger partial charge in [-0.3, -0.25) is 10.1 Å². The van der Waals surface area contributed by atoms with Crippen LogP contribution in [0.5, 0.6) is 0 Å². The van der Waals surface area contributed by atoms with E-state index in [9.17, 15) is 9.59 Å². The lowest BCUT2D eigenvalue weighted by Crippen LogP contribution is -2.38. The Morgan fingerprint density at radius 3 is 2.36 bits per heavy atom. The molecular formula is C18H16N4O2S. The number of fused-ring (bicyclic) bond motifs is 1. The van der Waals surface area contributed by atoms with Crippen molar-refractivity contribution >= 4 is 34.5 Å². The highest BCUT2D eigenvalue weighted by Gasteiger charge is 2.13. The van der Waals surface area contributed by atoms with Crippen LogP contribution in [0.15, 0.2) is 59.6 Å². The fourth-order valence-electron chi connectivity index (χ4n) is 2.35. The van der Waals surface area contributed by atoms with E-state index in [1.165, 1.54) is 18.8 Å². The van der Waals surface area contributed by atoms with Crippen molar-refractivity contribution in [3.05, 3.63) is 54.6 Å². The SMILES string of the molecule is CNC(=O)NC(=O)CSc1nnc(-c2ccccc2)c2ccccc12. The van der Waals surface area contributed by atoms with Gasteiger partial charge in [0.15, 0.2) is 0 Å². The van der Waals surface area contributed by atoms with E-state index in [4.69, 9.17) is 0 Å². The lowest BCUT2D eigenvalue weighted by atomic mass is 10.1. The van der Waals surface area contributed by atoms with Crippen molar-refractivity contribution in [3.8, 4) is 11.3 Å². The van der Waals surface area contributed by atoms with Crippen LogP contribution in [0.2, 0.25) is 0 Å². The number of imide groups is 1. The number of thioether (sulfide) groups is 1. The van der Waals surface area contributed by atoms with Crippen molar-refractivity contribution in [1.82, 2.24) is 20.8 Å². The number of carbonyl (C=O) groups is 2. The summed E-state index contributed by atoms with van der Waals surface area (Å²) >= 11 is 1.25. The van der Waals surface area contributed by atoms with Crippen molar-refractivity contribution < 1.29 is 9.59 Å². The van der Waals surface area contributed by atoms with Crippen LogP contribution >= 0.6 is 11.8 Å². The second-order valence-electron chi connectivity index (χ2n) is 5.18. The van der Waals surface area contributed by atoms with Crippen LogP contribution in [0.4, 0.5) is 4.79 Å². The molecular weight excluding hydrogens is 336 g/mol. The molecule has 0 radical (unpaired) electrons. The molecule has 2 N–H and O–H groups in total. The average Bonchev–Trinajstić information content (AvgIpc) is 2.66. The van der Waals surface area contributed by atoms with Crippen LogP contribution in [-0.4, -0.2) is 34.9 Å². The number of nitrogens with zero attached hydrogens (tertiary/aromatic N) is 2. The molecule has 0 saturated carbocycles. The van der Waals surface area contributed by atoms with Crippen LogP contribution in [0.3, 0.4) is 0 Å². The Morgan fingerprint density at radius 1 is 0.960 bits per heavy atom. The van der Waals surface area contributed by atoms with E-state index in [2.05, 4.69) is 20.8 Å². The summed E-state index contributed by atoms with van der Waals surface area (Å²) in [6, 6.07) is 17.1. The first-order valence-corrected chi connectivity index (χ1v) is 8.63. The molecule has 0 fully saturated rings. The van der Waals surface area contributed by atoms with Crippen molar-refractivity contribution in [2.75, 3.05) is 12.8 Å². The van der Waals surface area contributed by atoms with Crippen LogP contribution in [0, 0.1) is 0 Å². The molecule has 126 valence electrons. The number of hydrogen-bond donors (Lipinski definition) is 2. The Labute approximate surface area is 149 Å². The van der Waals surface area contributed by atoms with Gasteiger partial charge in [-0.05, 0) is 0 Å². The Hall–Kier alpha value is -2.93. The normalized spacial score (nSPS) is 10.4. The Balaban J connectivity index is 1.88. The molecule has 0 aliphatic rings. The van der Waals surface area contributed by atoms with Gasteiger partial charge in [-0.1, -0.05) is 66.4 Å². The molecule has 7 heteroatoms. The first-order valence-electron chi connectivity index (χ1n) is 7.64. The quantitative estimate of drug-likeness (QED) is 0.706. The van der Waals surface area contributed by atoms with Crippen molar-refractivity contribution in [3.63, 3.8) is 0 Å². The highest BCUT2D eigenvalue weighted by atomic mass is 32.2. The van der Waals surface area contributed by atoms with E-state index in [1.54, 1.807) is 0 Å². The fraction of sp³-hybridized carbons (Fsp3) is 0.111. The predicted octanol–water partition coefficient (Wildman–Crippen LogP) is 2.84. The zero-order chi connectivity index (χ0) is 17.6. The minimum atomic E-state index is -0.527. The van der Waals surface area contributed by atoms with Gasteiger partial charge in [-0.2, -0.15) is 0 Å². The van der Waals surface area contributed by atoms with Gasteiger partial charge in [0.1, 0.15) is 10.7 Å². The van der Waals surface area contributed by atoms with Gasteiger partial charge in [-0.25, -0.2) is 4.79 Å². The molecule has 1 aromatic heterocycles. The van der Waals surface area contributed by atoms with Crippen LogP contribution < -0.4 is 10.6 Å². The largest absolute Gasteiger partial charge is 0.341 e. The number of rotatable bonds is 4. The van der Waals surface area contributed by atoms with Gasteiger partial charge < -0.3 is 5.32 Å². The summed E-state index contributed by atoms with van der Waals surface area (Å²) in [5, 5.41) is 15.8. The summed E-state index contributed by atoms with van der Waals surface area (Å²) in [7, 11) is 1.46. The lowest BCUT2D eigenvalue weighted by molar-refractivity contribution is -0.117. The third kappa shape index (κ3) is 3.95. The summed E-state index contributed by atoms with van der Waals surface area (Å²) in [6.07, 6.45) is 0. The minimum absolute atomic E-state index is 0.0801. The molecule has 3 aromatic rings. The minimum Gasteiger partial charge on any atom is -0.341 e. The molecule has 25 heavy (non-hydrogen) atoms. The summed E-state index contributed by atoms with van der Waals surface area (Å²) < 4.78 is 0. The van der Waals surface area contributed by atoms with Crippen molar-refractivity contribution in [2.24, 2.45) is 0 Å². The zero-order valence-corrected chi connectivity index (χ0v) is 14.3. The molecule has 0 atom stereocenters. The maximum atomic E-state index is 11.8. The second kappa shape index (κ2) is 7.76. The Bertz CT molecular complexity index is 915. The van der Waals surface area contributed by atoms with Crippen molar-refractivity contribution in [1.29, 1.82) is 0 Å². The molecule has 0 spiro atoms. The molecule has 6 nitrogen and oxygen atoms in total. The third-order valence-corrected chi connectivity index (χ3v) is 4.50. The number of urea groups is 1. The van der Waals surface area contributed by atoms with Gasteiger partial charge in [0.2, 0.25) is 5.91 Å². The maximum Gasteiger partial charge on any atom is 0.321 e. The molecule has 0 aliphatic heterocycles. The Morgan fingerprint density at radius 2 is 1.64 bits per heavy atom. The van der Waals surface area contributed by atoms with Gasteiger partial charge in [0.05, 0.1) is 5.75 Å². The second-order valence-corrected chi connectivity index (χ2v) is 6.15. The summed E-state index contributed by atoms with van der Waals surface area (Å²) in [5.74, 6) is -0.307. The van der Waals surface area contributed by atoms with Gasteiger partial charge in [0.25, 0.3) is 0 Å². The molecule has 0 saturated heterocycles. The number of amides is 3. The molecule has 3 amide bonds. The van der Waals surface area contributed by atoms with Gasteiger partial charge in [0, 0.05) is 23.4 Å². The highest BCUT2D eigenvalue weighted by molar-refractivity contribution is 8.00. The Kier molecular flexibility index (Phi) is 5.25. The zero-order valence-electron chi connectivity index (χ0n) is 13.5. The number of hydrogen-bond acceptors (Lipinski definition) is 5. The number of benzene rings is 2. The van der Waals surface area contributed by atoms with Gasteiger partial charge >= 0.3 is 6.03 Å². The average molecular weight is 352 g/mol. The summed E-state index contributed by atoms with van der Waals surface area (Å²) in [5.41, 5.74) is 1.79. The van der Waals surface area contributed by atoms with E-state index < -0.39 is 6.03 Å². The number of nitrogens with one attached hydrogen (secondary N) is 2.